The Morgan fingerprint density at radius 3 is 2.35 bits per heavy atom. The van der Waals surface area contributed by atoms with Gasteiger partial charge >= 0.3 is 6.18 Å². The summed E-state index contributed by atoms with van der Waals surface area (Å²) in [6, 6.07) is 14.8. The fourth-order valence-corrected chi connectivity index (χ4v) is 5.56. The molecule has 1 amide bonds. The van der Waals surface area contributed by atoms with Gasteiger partial charge in [-0.1, -0.05) is 18.2 Å². The molecule has 1 saturated carbocycles. The molecule has 0 radical (unpaired) electrons. The van der Waals surface area contributed by atoms with Gasteiger partial charge in [0.05, 0.1) is 11.7 Å². The zero-order chi connectivity index (χ0) is 28.3. The third kappa shape index (κ3) is 7.03. The first-order valence-corrected chi connectivity index (χ1v) is 13.7. The number of halogens is 4. The number of hydrogen-bond donors (Lipinski definition) is 2. The highest BCUT2D eigenvalue weighted by Crippen LogP contribution is 2.36. The van der Waals surface area contributed by atoms with E-state index in [1.807, 2.05) is 17.0 Å². The van der Waals surface area contributed by atoms with Crippen molar-refractivity contribution in [2.45, 2.75) is 50.6 Å². The monoisotopic (exact) mass is 558 g/mol. The molecular formula is C30H34F4N4O2. The van der Waals surface area contributed by atoms with Crippen molar-refractivity contribution in [3.63, 3.8) is 0 Å². The van der Waals surface area contributed by atoms with E-state index in [-0.39, 0.29) is 36.2 Å². The quantitative estimate of drug-likeness (QED) is 0.289. The topological polar surface area (TPSA) is 70.8 Å². The summed E-state index contributed by atoms with van der Waals surface area (Å²) in [5.74, 6) is -0.260. The van der Waals surface area contributed by atoms with Crippen molar-refractivity contribution in [1.29, 1.82) is 0 Å². The fourth-order valence-electron chi connectivity index (χ4n) is 5.56. The maximum atomic E-state index is 13.4. The van der Waals surface area contributed by atoms with Crippen LogP contribution in [0, 0.1) is 5.82 Å². The Balaban J connectivity index is 1.02. The zero-order valence-electron chi connectivity index (χ0n) is 22.2. The zero-order valence-corrected chi connectivity index (χ0v) is 22.2. The van der Waals surface area contributed by atoms with Gasteiger partial charge in [0.2, 0.25) is 5.91 Å². The van der Waals surface area contributed by atoms with Crippen LogP contribution in [0.25, 0.3) is 10.8 Å². The molecule has 3 N–H and O–H groups in total. The molecule has 40 heavy (non-hydrogen) atoms. The summed E-state index contributed by atoms with van der Waals surface area (Å²) < 4.78 is 58.8. The van der Waals surface area contributed by atoms with Gasteiger partial charge in [-0.3, -0.25) is 9.69 Å². The van der Waals surface area contributed by atoms with Gasteiger partial charge in [0.15, 0.2) is 0 Å². The minimum Gasteiger partial charge on any atom is -0.398 e. The lowest BCUT2D eigenvalue weighted by atomic mass is 9.92. The van der Waals surface area contributed by atoms with Gasteiger partial charge in [0.25, 0.3) is 0 Å². The molecule has 3 aromatic rings. The molecule has 2 aliphatic rings. The van der Waals surface area contributed by atoms with Crippen molar-refractivity contribution in [3.8, 4) is 0 Å². The van der Waals surface area contributed by atoms with Crippen molar-refractivity contribution in [3.05, 3.63) is 71.5 Å². The summed E-state index contributed by atoms with van der Waals surface area (Å²) in [5.41, 5.74) is 5.93. The number of nitrogens with zero attached hydrogens (tertiary/aromatic N) is 2. The highest BCUT2D eigenvalue weighted by molar-refractivity contribution is 5.83. The van der Waals surface area contributed by atoms with E-state index in [1.54, 1.807) is 12.1 Å². The number of nitrogens with two attached hydrogens (primary N) is 1. The Morgan fingerprint density at radius 2 is 1.62 bits per heavy atom. The van der Waals surface area contributed by atoms with E-state index in [2.05, 4.69) is 16.3 Å². The number of carbonyl (C=O) groups excluding carboxylic acids is 1. The van der Waals surface area contributed by atoms with E-state index < -0.39 is 11.7 Å². The third-order valence-corrected chi connectivity index (χ3v) is 7.84. The Kier molecular flexibility index (Phi) is 8.46. The summed E-state index contributed by atoms with van der Waals surface area (Å²) in [6.07, 6.45) is -1.58. The molecule has 3 aromatic carbocycles. The molecule has 214 valence electrons. The number of piperazine rings is 1. The van der Waals surface area contributed by atoms with E-state index in [0.717, 1.165) is 67.7 Å². The lowest BCUT2D eigenvalue weighted by Crippen LogP contribution is -2.49. The molecule has 1 aliphatic heterocycles. The van der Waals surface area contributed by atoms with E-state index in [0.29, 0.717) is 18.8 Å². The Labute approximate surface area is 231 Å². The molecule has 10 heteroatoms. The van der Waals surface area contributed by atoms with Crippen LogP contribution in [0.2, 0.25) is 0 Å². The molecule has 2 fully saturated rings. The van der Waals surface area contributed by atoms with Gasteiger partial charge in [-0.2, -0.15) is 13.2 Å². The van der Waals surface area contributed by atoms with Crippen molar-refractivity contribution in [2.24, 2.45) is 0 Å². The van der Waals surface area contributed by atoms with Crippen LogP contribution in [0.4, 0.5) is 28.9 Å². The number of amides is 1. The largest absolute Gasteiger partial charge is 0.418 e. The minimum absolute atomic E-state index is 0.0193. The fraction of sp³-hybridized carbons (Fsp3) is 0.433. The number of fused-ring (bicyclic) bond motifs is 1. The summed E-state index contributed by atoms with van der Waals surface area (Å²) in [5, 5.41) is 5.07. The average molecular weight is 559 g/mol. The summed E-state index contributed by atoms with van der Waals surface area (Å²) in [7, 11) is 0. The Bertz CT molecular complexity index is 1330. The molecule has 1 aliphatic carbocycles. The van der Waals surface area contributed by atoms with E-state index in [1.165, 1.54) is 18.2 Å². The maximum Gasteiger partial charge on any atom is 0.418 e. The summed E-state index contributed by atoms with van der Waals surface area (Å²) in [4.78, 5) is 16.9. The molecule has 0 bridgehead atoms. The molecular weight excluding hydrogens is 524 g/mol. The molecule has 0 aromatic heterocycles. The first-order valence-electron chi connectivity index (χ1n) is 13.7. The second-order valence-corrected chi connectivity index (χ2v) is 10.7. The van der Waals surface area contributed by atoms with Crippen LogP contribution in [0.15, 0.2) is 54.6 Å². The first kappa shape index (κ1) is 28.2. The summed E-state index contributed by atoms with van der Waals surface area (Å²) in [6.45, 7) is 3.63. The second kappa shape index (κ2) is 12.0. The number of alkyl halides is 3. The van der Waals surface area contributed by atoms with Crippen molar-refractivity contribution >= 4 is 28.1 Å². The van der Waals surface area contributed by atoms with Crippen LogP contribution in [0.3, 0.4) is 0 Å². The van der Waals surface area contributed by atoms with Gasteiger partial charge in [-0.15, -0.1) is 0 Å². The smallest absolute Gasteiger partial charge is 0.398 e. The number of benzene rings is 3. The maximum absolute atomic E-state index is 13.4. The van der Waals surface area contributed by atoms with Crippen LogP contribution < -0.4 is 11.1 Å². The van der Waals surface area contributed by atoms with Gasteiger partial charge < -0.3 is 20.7 Å². The van der Waals surface area contributed by atoms with Crippen LogP contribution in [0.5, 0.6) is 0 Å². The van der Waals surface area contributed by atoms with Crippen molar-refractivity contribution in [1.82, 2.24) is 9.80 Å². The SMILES string of the molecule is Nc1ccc(NC2CCC(OCC(=O)N3CCN(Cc4ccc5cc(F)ccc5c4)CC3)CC2)cc1C(F)(F)F. The minimum atomic E-state index is -4.49. The summed E-state index contributed by atoms with van der Waals surface area (Å²) >= 11 is 0. The third-order valence-electron chi connectivity index (χ3n) is 7.84. The predicted molar refractivity (Wildman–Crippen MR) is 147 cm³/mol. The first-order chi connectivity index (χ1) is 19.1. The van der Waals surface area contributed by atoms with Gasteiger partial charge in [-0.05, 0) is 78.4 Å². The highest BCUT2D eigenvalue weighted by Gasteiger charge is 2.33. The molecule has 5 rings (SSSR count). The molecule has 0 unspecified atom stereocenters. The number of carbonyl (C=O) groups is 1. The number of ether oxygens (including phenoxy) is 1. The Morgan fingerprint density at radius 1 is 0.925 bits per heavy atom. The average Bonchev–Trinajstić information content (AvgIpc) is 2.93. The number of rotatable bonds is 7. The van der Waals surface area contributed by atoms with Crippen molar-refractivity contribution < 1.29 is 27.1 Å². The van der Waals surface area contributed by atoms with Crippen LogP contribution >= 0.6 is 0 Å². The number of nitrogens with one attached hydrogen (secondary N) is 1. The molecule has 0 atom stereocenters. The van der Waals surface area contributed by atoms with Gasteiger partial charge in [0, 0.05) is 50.1 Å². The number of nitrogen functional groups attached to an aromatic ring is 1. The molecule has 0 spiro atoms. The number of anilines is 2. The standard InChI is InChI=1S/C30H34F4N4O2/c31-23-4-3-21-15-20(1-2-22(21)16-23)18-37-11-13-38(14-12-37)29(39)19-40-26-8-5-24(6-9-26)36-25-7-10-28(35)27(17-25)30(32,33)34/h1-4,7,10,15-17,24,26,36H,5-6,8-9,11-14,18-19,35H2. The van der Waals surface area contributed by atoms with Crippen LogP contribution in [-0.4, -0.2) is 60.6 Å². The number of hydrogen-bond acceptors (Lipinski definition) is 5. The Hall–Kier alpha value is -3.37. The van der Waals surface area contributed by atoms with Gasteiger partial charge in [0.1, 0.15) is 12.4 Å². The van der Waals surface area contributed by atoms with E-state index in [4.69, 9.17) is 10.5 Å². The lowest BCUT2D eigenvalue weighted by Gasteiger charge is -2.35. The van der Waals surface area contributed by atoms with Crippen molar-refractivity contribution in [2.75, 3.05) is 43.8 Å². The van der Waals surface area contributed by atoms with Crippen LogP contribution in [-0.2, 0) is 22.3 Å². The second-order valence-electron chi connectivity index (χ2n) is 10.7. The highest BCUT2D eigenvalue weighted by atomic mass is 19.4. The van der Waals surface area contributed by atoms with E-state index in [9.17, 15) is 22.4 Å². The lowest BCUT2D eigenvalue weighted by molar-refractivity contribution is -0.140. The van der Waals surface area contributed by atoms with Gasteiger partial charge in [-0.25, -0.2) is 4.39 Å². The molecule has 1 saturated heterocycles. The normalized spacial score (nSPS) is 20.6. The van der Waals surface area contributed by atoms with Crippen LogP contribution in [0.1, 0.15) is 36.8 Å². The van der Waals surface area contributed by atoms with E-state index >= 15 is 0 Å². The predicted octanol–water partition coefficient (Wildman–Crippen LogP) is 5.66. The molecule has 6 nitrogen and oxygen atoms in total. The molecule has 1 heterocycles.